The zero-order valence-corrected chi connectivity index (χ0v) is 10.5. The van der Waals surface area contributed by atoms with Gasteiger partial charge >= 0.3 is 0 Å². The van der Waals surface area contributed by atoms with Gasteiger partial charge in [-0.2, -0.15) is 5.10 Å². The fraction of sp³-hybridized carbons (Fsp3) is 0.133. The Morgan fingerprint density at radius 3 is 2.95 bits per heavy atom. The fourth-order valence-electron chi connectivity index (χ4n) is 2.14. The number of hydrogen-bond acceptors (Lipinski definition) is 2. The molecule has 0 spiro atoms. The van der Waals surface area contributed by atoms with E-state index in [1.54, 1.807) is 18.3 Å². The lowest BCUT2D eigenvalue weighted by atomic mass is 10.1. The Morgan fingerprint density at radius 2 is 2.11 bits per heavy atom. The highest BCUT2D eigenvalue weighted by Crippen LogP contribution is 2.22. The SMILES string of the molecule is CC(Nc1ccc2cn[nH]c2c1)c1cccc(F)c1. The average Bonchev–Trinajstić information content (AvgIpc) is 2.86. The minimum absolute atomic E-state index is 0.0380. The Hall–Kier alpha value is -2.36. The molecule has 2 aromatic carbocycles. The van der Waals surface area contributed by atoms with Gasteiger partial charge in [0.2, 0.25) is 0 Å². The van der Waals surface area contributed by atoms with E-state index in [0.29, 0.717) is 0 Å². The smallest absolute Gasteiger partial charge is 0.123 e. The number of hydrogen-bond donors (Lipinski definition) is 2. The highest BCUT2D eigenvalue weighted by molar-refractivity contribution is 5.81. The van der Waals surface area contributed by atoms with E-state index >= 15 is 0 Å². The molecule has 0 saturated carbocycles. The van der Waals surface area contributed by atoms with Crippen molar-refractivity contribution in [1.29, 1.82) is 0 Å². The minimum atomic E-state index is -0.213. The van der Waals surface area contributed by atoms with Crippen LogP contribution in [0.2, 0.25) is 0 Å². The van der Waals surface area contributed by atoms with Crippen LogP contribution in [0.5, 0.6) is 0 Å². The van der Waals surface area contributed by atoms with Gasteiger partial charge in [0.15, 0.2) is 0 Å². The molecule has 0 aliphatic rings. The number of halogens is 1. The summed E-state index contributed by atoms with van der Waals surface area (Å²) < 4.78 is 13.2. The van der Waals surface area contributed by atoms with Crippen LogP contribution in [0.1, 0.15) is 18.5 Å². The normalized spacial score (nSPS) is 12.5. The molecular weight excluding hydrogens is 241 g/mol. The zero-order chi connectivity index (χ0) is 13.2. The molecule has 1 heterocycles. The van der Waals surface area contributed by atoms with Crippen LogP contribution in [0, 0.1) is 5.82 Å². The molecule has 1 atom stereocenters. The van der Waals surface area contributed by atoms with Gasteiger partial charge in [-0.1, -0.05) is 12.1 Å². The van der Waals surface area contributed by atoms with Crippen molar-refractivity contribution < 1.29 is 4.39 Å². The van der Waals surface area contributed by atoms with E-state index in [1.165, 1.54) is 6.07 Å². The number of rotatable bonds is 3. The third-order valence-corrected chi connectivity index (χ3v) is 3.17. The maximum atomic E-state index is 13.2. The van der Waals surface area contributed by atoms with Crippen molar-refractivity contribution in [2.45, 2.75) is 13.0 Å². The number of aromatic nitrogens is 2. The van der Waals surface area contributed by atoms with Gasteiger partial charge in [0.1, 0.15) is 5.82 Å². The van der Waals surface area contributed by atoms with Gasteiger partial charge in [-0.3, -0.25) is 5.10 Å². The van der Waals surface area contributed by atoms with Crippen molar-refractivity contribution in [3.63, 3.8) is 0 Å². The van der Waals surface area contributed by atoms with Crippen LogP contribution in [0.4, 0.5) is 10.1 Å². The molecule has 96 valence electrons. The quantitative estimate of drug-likeness (QED) is 0.745. The number of benzene rings is 2. The highest BCUT2D eigenvalue weighted by atomic mass is 19.1. The van der Waals surface area contributed by atoms with Crippen LogP contribution in [0.15, 0.2) is 48.7 Å². The van der Waals surface area contributed by atoms with Gasteiger partial charge in [-0.25, -0.2) is 4.39 Å². The largest absolute Gasteiger partial charge is 0.378 e. The van der Waals surface area contributed by atoms with Crippen molar-refractivity contribution in [2.24, 2.45) is 0 Å². The van der Waals surface area contributed by atoms with Crippen molar-refractivity contribution in [1.82, 2.24) is 10.2 Å². The van der Waals surface area contributed by atoms with Crippen LogP contribution in [0.25, 0.3) is 10.9 Å². The summed E-state index contributed by atoms with van der Waals surface area (Å²) in [6.45, 7) is 2.01. The van der Waals surface area contributed by atoms with Crippen molar-refractivity contribution >= 4 is 16.6 Å². The monoisotopic (exact) mass is 255 g/mol. The average molecular weight is 255 g/mol. The number of fused-ring (bicyclic) bond motifs is 1. The first-order valence-electron chi connectivity index (χ1n) is 6.17. The van der Waals surface area contributed by atoms with Crippen LogP contribution in [0.3, 0.4) is 0 Å². The second-order valence-electron chi connectivity index (χ2n) is 4.59. The maximum absolute atomic E-state index is 13.2. The van der Waals surface area contributed by atoms with E-state index in [1.807, 2.05) is 31.2 Å². The molecule has 1 unspecified atom stereocenters. The molecule has 0 amide bonds. The second kappa shape index (κ2) is 4.72. The molecule has 3 rings (SSSR count). The summed E-state index contributed by atoms with van der Waals surface area (Å²) >= 11 is 0. The summed E-state index contributed by atoms with van der Waals surface area (Å²) in [5, 5.41) is 11.3. The van der Waals surface area contributed by atoms with E-state index < -0.39 is 0 Å². The van der Waals surface area contributed by atoms with Crippen LogP contribution >= 0.6 is 0 Å². The topological polar surface area (TPSA) is 40.7 Å². The number of nitrogens with one attached hydrogen (secondary N) is 2. The van der Waals surface area contributed by atoms with Gasteiger partial charge in [0.25, 0.3) is 0 Å². The second-order valence-corrected chi connectivity index (χ2v) is 4.59. The fourth-order valence-corrected chi connectivity index (χ4v) is 2.14. The standard InChI is InChI=1S/C15H14FN3/c1-10(11-3-2-4-13(16)7-11)18-14-6-5-12-9-17-19-15(12)8-14/h2-10,18H,1H3,(H,17,19). The Kier molecular flexibility index (Phi) is 2.91. The van der Waals surface area contributed by atoms with E-state index in [-0.39, 0.29) is 11.9 Å². The molecule has 0 radical (unpaired) electrons. The number of H-pyrrole nitrogens is 1. The van der Waals surface area contributed by atoms with E-state index in [2.05, 4.69) is 15.5 Å². The van der Waals surface area contributed by atoms with Crippen LogP contribution in [-0.2, 0) is 0 Å². The molecule has 0 bridgehead atoms. The zero-order valence-electron chi connectivity index (χ0n) is 10.5. The summed E-state index contributed by atoms with van der Waals surface area (Å²) in [6.07, 6.45) is 1.79. The molecular formula is C15H14FN3. The number of nitrogens with zero attached hydrogens (tertiary/aromatic N) is 1. The predicted octanol–water partition coefficient (Wildman–Crippen LogP) is 3.88. The summed E-state index contributed by atoms with van der Waals surface area (Å²) in [7, 11) is 0. The molecule has 2 N–H and O–H groups in total. The van der Waals surface area contributed by atoms with Gasteiger partial charge in [0, 0.05) is 17.1 Å². The van der Waals surface area contributed by atoms with Crippen LogP contribution in [-0.4, -0.2) is 10.2 Å². The number of anilines is 1. The lowest BCUT2D eigenvalue weighted by Gasteiger charge is -2.15. The molecule has 0 saturated heterocycles. The van der Waals surface area contributed by atoms with Crippen LogP contribution < -0.4 is 5.32 Å². The van der Waals surface area contributed by atoms with Gasteiger partial charge < -0.3 is 5.32 Å². The maximum Gasteiger partial charge on any atom is 0.123 e. The minimum Gasteiger partial charge on any atom is -0.378 e. The lowest BCUT2D eigenvalue weighted by Crippen LogP contribution is -2.06. The summed E-state index contributed by atoms with van der Waals surface area (Å²) in [4.78, 5) is 0. The molecule has 19 heavy (non-hydrogen) atoms. The molecule has 0 aliphatic carbocycles. The predicted molar refractivity (Wildman–Crippen MR) is 74.5 cm³/mol. The number of aromatic amines is 1. The van der Waals surface area contributed by atoms with Crippen molar-refractivity contribution in [3.05, 3.63) is 60.0 Å². The third-order valence-electron chi connectivity index (χ3n) is 3.17. The summed E-state index contributed by atoms with van der Waals surface area (Å²) in [5.74, 6) is -0.213. The summed E-state index contributed by atoms with van der Waals surface area (Å²) in [6, 6.07) is 12.7. The first-order valence-corrected chi connectivity index (χ1v) is 6.17. The highest BCUT2D eigenvalue weighted by Gasteiger charge is 2.06. The molecule has 3 aromatic rings. The van der Waals surface area contributed by atoms with E-state index in [0.717, 1.165) is 22.2 Å². The third kappa shape index (κ3) is 2.42. The van der Waals surface area contributed by atoms with Gasteiger partial charge in [0.05, 0.1) is 11.7 Å². The van der Waals surface area contributed by atoms with Gasteiger partial charge in [-0.15, -0.1) is 0 Å². The summed E-state index contributed by atoms with van der Waals surface area (Å²) in [5.41, 5.74) is 2.88. The Morgan fingerprint density at radius 1 is 1.21 bits per heavy atom. The van der Waals surface area contributed by atoms with Gasteiger partial charge in [-0.05, 0) is 42.8 Å². The Bertz CT molecular complexity index is 705. The first kappa shape index (κ1) is 11.7. The Labute approximate surface area is 110 Å². The lowest BCUT2D eigenvalue weighted by molar-refractivity contribution is 0.623. The molecule has 4 heteroatoms. The molecule has 0 aliphatic heterocycles. The van der Waals surface area contributed by atoms with Crippen molar-refractivity contribution in [2.75, 3.05) is 5.32 Å². The Balaban J connectivity index is 1.83. The van der Waals surface area contributed by atoms with E-state index in [9.17, 15) is 4.39 Å². The molecule has 3 nitrogen and oxygen atoms in total. The van der Waals surface area contributed by atoms with E-state index in [4.69, 9.17) is 0 Å². The first-order chi connectivity index (χ1) is 9.22. The van der Waals surface area contributed by atoms with Crippen molar-refractivity contribution in [3.8, 4) is 0 Å². The molecule has 0 fully saturated rings. The molecule has 1 aromatic heterocycles.